The molecule has 1 aliphatic carbocycles. The van der Waals surface area contributed by atoms with Crippen LogP contribution in [0.15, 0.2) is 12.7 Å². The number of ether oxygens (including phenoxy) is 1. The summed E-state index contributed by atoms with van der Waals surface area (Å²) >= 11 is 1.21. The van der Waals surface area contributed by atoms with Crippen LogP contribution in [-0.4, -0.2) is 152 Å². The van der Waals surface area contributed by atoms with Gasteiger partial charge in [0, 0.05) is 49.6 Å². The number of aromatic nitrogens is 4. The number of phosphoric acid groups is 3. The number of nitrogen functional groups attached to an aromatic ring is 1. The highest BCUT2D eigenvalue weighted by Gasteiger charge is 2.50. The zero-order valence-corrected chi connectivity index (χ0v) is 38.4. The van der Waals surface area contributed by atoms with Gasteiger partial charge in [0.1, 0.15) is 36.3 Å². The van der Waals surface area contributed by atoms with Crippen molar-refractivity contribution < 1.29 is 90.1 Å². The van der Waals surface area contributed by atoms with Gasteiger partial charge in [0.15, 0.2) is 17.7 Å². The summed E-state index contributed by atoms with van der Waals surface area (Å²) in [6.07, 6.45) is -4.28. The van der Waals surface area contributed by atoms with Crippen molar-refractivity contribution in [3.8, 4) is 0 Å². The maximum atomic E-state index is 12.9. The number of likely N-dealkylation sites (tertiary alicyclic amines) is 1. The lowest BCUT2D eigenvalue weighted by Crippen LogP contribution is -2.46. The molecule has 5 amide bonds. The molecule has 65 heavy (non-hydrogen) atoms. The number of amides is 5. The van der Waals surface area contributed by atoms with Crippen molar-refractivity contribution in [1.82, 2.24) is 35.1 Å². The Balaban J connectivity index is 1.01. The molecule has 364 valence electrons. The molecule has 4 heterocycles. The summed E-state index contributed by atoms with van der Waals surface area (Å²) in [5.74, 6) is -2.51. The van der Waals surface area contributed by atoms with Crippen LogP contribution in [0.25, 0.3) is 11.2 Å². The van der Waals surface area contributed by atoms with Crippen molar-refractivity contribution in [1.29, 1.82) is 0 Å². The van der Waals surface area contributed by atoms with Crippen molar-refractivity contribution in [2.75, 3.05) is 44.3 Å². The second-order valence-corrected chi connectivity index (χ2v) is 21.7. The number of aliphatic hydroxyl groups is 2. The van der Waals surface area contributed by atoms with Crippen molar-refractivity contribution in [2.45, 2.75) is 88.3 Å². The lowest BCUT2D eigenvalue weighted by atomic mass is 9.81. The van der Waals surface area contributed by atoms with Crippen molar-refractivity contribution in [3.63, 3.8) is 0 Å². The summed E-state index contributed by atoms with van der Waals surface area (Å²) in [6.45, 7) is 0.532. The normalized spacial score (nSPS) is 26.5. The number of nitrogens with one attached hydrogen (secondary N) is 2. The highest BCUT2D eigenvalue weighted by atomic mass is 32.2. The summed E-state index contributed by atoms with van der Waals surface area (Å²) in [7, 11) is -16.5. The number of hydrogen-bond acceptors (Lipinski definition) is 20. The number of nitrogens with zero attached hydrogens (tertiary/aromatic N) is 5. The second-order valence-electron chi connectivity index (χ2n) is 16.1. The molecule has 5 unspecified atom stereocenters. The van der Waals surface area contributed by atoms with Crippen LogP contribution in [0.3, 0.4) is 0 Å². The minimum Gasteiger partial charge on any atom is -0.386 e. The maximum Gasteiger partial charge on any atom is 0.481 e. The van der Waals surface area contributed by atoms with Gasteiger partial charge in [-0.1, -0.05) is 20.3 Å². The predicted molar refractivity (Wildman–Crippen MR) is 222 cm³/mol. The molecule has 5 rings (SSSR count). The van der Waals surface area contributed by atoms with Gasteiger partial charge in [-0.05, 0) is 25.2 Å². The van der Waals surface area contributed by atoms with Crippen LogP contribution < -0.4 is 22.1 Å². The Kier molecular flexibility index (Phi) is 17.5. The standard InChI is InChI=1S/C33H52N9O19P3S/c1-33(2,26(46)30(48)37-7-6-21(43)36-8-9-65-20-11-22(44)41(31(20)49)12-17-4-3-5-18(10-17)28(35)47)14-58-64(55,56)61-63(53,54)57-13-19-25(60-62(50,51)52)24(45)32(59-19)42-16-40-23-27(34)38-15-39-29(23)42/h15-20,24-26,32,45-46H,3-14H2,1-2H3,(H2,35,47)(H,36,43)(H,37,48)(H,53,54)(H,55,56)(H2,34,38,39)(H2,50,51,52)/t17?,18?,19-,20?,24-,25-,26+,32-/m1/s1. The second kappa shape index (κ2) is 21.6. The summed E-state index contributed by atoms with van der Waals surface area (Å²) in [5.41, 5.74) is 9.66. The molecular formula is C33H52N9O19P3S. The fourth-order valence-corrected chi connectivity index (χ4v) is 11.1. The Morgan fingerprint density at radius 3 is 2.45 bits per heavy atom. The first-order chi connectivity index (χ1) is 30.3. The zero-order chi connectivity index (χ0) is 48.1. The molecule has 2 saturated heterocycles. The maximum absolute atomic E-state index is 12.9. The number of rotatable bonds is 23. The van der Waals surface area contributed by atoms with Gasteiger partial charge in [0.25, 0.3) is 0 Å². The topological polar surface area (TPSA) is 427 Å². The quantitative estimate of drug-likeness (QED) is 0.0346. The van der Waals surface area contributed by atoms with E-state index in [1.807, 2.05) is 0 Å². The SMILES string of the molecule is CC(C)(COP(=O)(O)OP(=O)(O)OC[C@H]1O[C@@H](n2cnc3c(N)ncnc32)[C@H](O)[C@@H]1OP(=O)(O)O)[C@@H](O)C(=O)NCCC(=O)NCCSC1CC(=O)N(CC2CCCC(C(N)=O)C2)C1=O. The molecule has 0 spiro atoms. The van der Waals surface area contributed by atoms with E-state index in [9.17, 15) is 67.5 Å². The molecule has 2 aromatic rings. The van der Waals surface area contributed by atoms with Gasteiger partial charge in [0.05, 0.1) is 24.8 Å². The number of aliphatic hydroxyl groups excluding tert-OH is 2. The van der Waals surface area contributed by atoms with Crippen LogP contribution in [0.5, 0.6) is 0 Å². The van der Waals surface area contributed by atoms with E-state index in [4.69, 9.17) is 25.3 Å². The average Bonchev–Trinajstić information content (AvgIpc) is 3.86. The van der Waals surface area contributed by atoms with E-state index >= 15 is 0 Å². The van der Waals surface area contributed by atoms with E-state index in [-0.39, 0.29) is 79.0 Å². The van der Waals surface area contributed by atoms with E-state index in [0.29, 0.717) is 18.6 Å². The Labute approximate surface area is 374 Å². The number of carbonyl (C=O) groups is 5. The Bertz CT molecular complexity index is 2230. The molecule has 3 aliphatic rings. The number of thioether (sulfide) groups is 1. The summed E-state index contributed by atoms with van der Waals surface area (Å²) in [6, 6.07) is 0. The number of anilines is 1. The van der Waals surface area contributed by atoms with E-state index < -0.39 is 89.8 Å². The number of hydrogen-bond donors (Lipinski definition) is 10. The fraction of sp³-hybridized carbons (Fsp3) is 0.697. The smallest absolute Gasteiger partial charge is 0.386 e. The lowest BCUT2D eigenvalue weighted by Gasteiger charge is -2.30. The van der Waals surface area contributed by atoms with Crippen LogP contribution in [0, 0.1) is 17.3 Å². The number of imide groups is 1. The molecule has 28 nitrogen and oxygen atoms in total. The first kappa shape index (κ1) is 52.5. The minimum absolute atomic E-state index is 0.000538. The van der Waals surface area contributed by atoms with Gasteiger partial charge in [-0.15, -0.1) is 11.8 Å². The molecule has 3 fully saturated rings. The van der Waals surface area contributed by atoms with Gasteiger partial charge in [-0.2, -0.15) is 4.31 Å². The molecular weight excluding hydrogens is 951 g/mol. The first-order valence-electron chi connectivity index (χ1n) is 19.9. The Morgan fingerprint density at radius 1 is 1.05 bits per heavy atom. The minimum atomic E-state index is -5.60. The third-order valence-electron chi connectivity index (χ3n) is 10.6. The number of imidazole rings is 1. The monoisotopic (exact) mass is 1000 g/mol. The molecule has 0 aromatic carbocycles. The molecule has 2 aliphatic heterocycles. The fourth-order valence-electron chi connectivity index (χ4n) is 7.28. The highest BCUT2D eigenvalue weighted by molar-refractivity contribution is 8.00. The van der Waals surface area contributed by atoms with Gasteiger partial charge in [-0.25, -0.2) is 28.6 Å². The average molecular weight is 1000 g/mol. The molecule has 0 radical (unpaired) electrons. The lowest BCUT2D eigenvalue weighted by molar-refractivity contribution is -0.139. The molecule has 1 saturated carbocycles. The Hall–Kier alpha value is -3.50. The van der Waals surface area contributed by atoms with Crippen LogP contribution in [-0.2, 0) is 60.3 Å². The number of carbonyl (C=O) groups excluding carboxylic acids is 5. The summed E-state index contributed by atoms with van der Waals surface area (Å²) in [4.78, 5) is 115. The first-order valence-corrected chi connectivity index (χ1v) is 25.5. The summed E-state index contributed by atoms with van der Waals surface area (Å²) < 4.78 is 62.3. The van der Waals surface area contributed by atoms with E-state index in [2.05, 4.69) is 34.4 Å². The third kappa shape index (κ3) is 14.3. The van der Waals surface area contributed by atoms with Crippen molar-refractivity contribution in [3.05, 3.63) is 12.7 Å². The number of fused-ring (bicyclic) bond motifs is 1. The van der Waals surface area contributed by atoms with Gasteiger partial charge in [-0.3, -0.25) is 47.0 Å². The van der Waals surface area contributed by atoms with Gasteiger partial charge >= 0.3 is 23.5 Å². The Morgan fingerprint density at radius 2 is 1.75 bits per heavy atom. The molecule has 10 atom stereocenters. The molecule has 0 bridgehead atoms. The van der Waals surface area contributed by atoms with Crippen molar-refractivity contribution >= 4 is 81.7 Å². The van der Waals surface area contributed by atoms with Crippen LogP contribution in [0.4, 0.5) is 5.82 Å². The van der Waals surface area contributed by atoms with Crippen LogP contribution in [0.2, 0.25) is 0 Å². The van der Waals surface area contributed by atoms with E-state index in [1.165, 1.54) is 30.5 Å². The number of nitrogens with two attached hydrogens (primary N) is 2. The number of phosphoric ester groups is 3. The van der Waals surface area contributed by atoms with Crippen LogP contribution in [0.1, 0.15) is 58.6 Å². The van der Waals surface area contributed by atoms with Gasteiger partial charge < -0.3 is 56.6 Å². The van der Waals surface area contributed by atoms with E-state index in [0.717, 1.165) is 30.1 Å². The molecule has 2 aromatic heterocycles. The largest absolute Gasteiger partial charge is 0.481 e. The third-order valence-corrected chi connectivity index (χ3v) is 15.0. The molecule has 12 N–H and O–H groups in total. The zero-order valence-electron chi connectivity index (χ0n) is 34.9. The van der Waals surface area contributed by atoms with Crippen molar-refractivity contribution in [2.24, 2.45) is 23.0 Å². The highest BCUT2D eigenvalue weighted by Crippen LogP contribution is 2.61. The predicted octanol–water partition coefficient (Wildman–Crippen LogP) is -1.44. The number of primary amides is 1. The van der Waals surface area contributed by atoms with E-state index in [1.54, 1.807) is 0 Å². The summed E-state index contributed by atoms with van der Waals surface area (Å²) in [5, 5.41) is 25.9. The van der Waals surface area contributed by atoms with Gasteiger partial charge in [0.2, 0.25) is 29.5 Å². The van der Waals surface area contributed by atoms with Crippen LogP contribution >= 0.6 is 35.2 Å². The molecule has 32 heteroatoms.